The molecule has 0 amide bonds. The molecule has 4 nitrogen and oxygen atoms in total. The first kappa shape index (κ1) is 14.5. The van der Waals surface area contributed by atoms with Crippen LogP contribution in [0.4, 0.5) is 0 Å². The predicted molar refractivity (Wildman–Crippen MR) is 83.7 cm³/mol. The van der Waals surface area contributed by atoms with E-state index in [0.29, 0.717) is 11.4 Å². The van der Waals surface area contributed by atoms with Crippen LogP contribution in [0.15, 0.2) is 35.4 Å². The molecular weight excluding hydrogens is 284 g/mol. The topological polar surface area (TPSA) is 50.3 Å². The van der Waals surface area contributed by atoms with E-state index in [1.165, 1.54) is 0 Å². The Morgan fingerprint density at radius 1 is 1.24 bits per heavy atom. The van der Waals surface area contributed by atoms with Crippen LogP contribution in [0.1, 0.15) is 31.7 Å². The van der Waals surface area contributed by atoms with Gasteiger partial charge in [0.15, 0.2) is 0 Å². The van der Waals surface area contributed by atoms with Gasteiger partial charge < -0.3 is 0 Å². The third-order valence-electron chi connectivity index (χ3n) is 4.26. The van der Waals surface area contributed by atoms with Crippen LogP contribution in [0.2, 0.25) is 0 Å². The van der Waals surface area contributed by atoms with E-state index in [9.17, 15) is 8.42 Å². The Hall–Kier alpha value is -1.46. The first-order valence-corrected chi connectivity index (χ1v) is 8.82. The molecule has 21 heavy (non-hydrogen) atoms. The summed E-state index contributed by atoms with van der Waals surface area (Å²) in [6, 6.07) is 7.26. The van der Waals surface area contributed by atoms with Gasteiger partial charge in [-0.25, -0.2) is 8.42 Å². The Balaban J connectivity index is 2.17. The third-order valence-corrected chi connectivity index (χ3v) is 6.33. The van der Waals surface area contributed by atoms with Crippen LogP contribution < -0.4 is 0 Å². The van der Waals surface area contributed by atoms with Crippen molar-refractivity contribution in [3.8, 4) is 0 Å². The normalized spacial score (nSPS) is 20.8. The number of sulfonamides is 1. The monoisotopic (exact) mass is 304 g/mol. The van der Waals surface area contributed by atoms with E-state index in [-0.39, 0.29) is 6.04 Å². The van der Waals surface area contributed by atoms with Crippen molar-refractivity contribution in [2.75, 3.05) is 6.54 Å². The van der Waals surface area contributed by atoms with Crippen LogP contribution in [0.5, 0.6) is 0 Å². The average Bonchev–Trinajstić information content (AvgIpc) is 2.48. The van der Waals surface area contributed by atoms with Gasteiger partial charge >= 0.3 is 0 Å². The highest BCUT2D eigenvalue weighted by molar-refractivity contribution is 7.89. The molecule has 1 aromatic carbocycles. The van der Waals surface area contributed by atoms with Crippen LogP contribution in [0.3, 0.4) is 0 Å². The summed E-state index contributed by atoms with van der Waals surface area (Å²) < 4.78 is 27.7. The van der Waals surface area contributed by atoms with Gasteiger partial charge in [0, 0.05) is 24.2 Å². The Labute approximate surface area is 125 Å². The molecule has 1 atom stereocenters. The van der Waals surface area contributed by atoms with Crippen LogP contribution in [0, 0.1) is 6.92 Å². The number of pyridine rings is 1. The van der Waals surface area contributed by atoms with Crippen molar-refractivity contribution >= 4 is 20.9 Å². The molecule has 0 saturated carbocycles. The molecule has 0 N–H and O–H groups in total. The second kappa shape index (κ2) is 5.39. The van der Waals surface area contributed by atoms with Gasteiger partial charge in [-0.2, -0.15) is 4.31 Å². The molecule has 2 aromatic rings. The highest BCUT2D eigenvalue weighted by Crippen LogP contribution is 2.30. The number of aromatic nitrogens is 1. The van der Waals surface area contributed by atoms with Crippen molar-refractivity contribution in [1.82, 2.24) is 9.29 Å². The van der Waals surface area contributed by atoms with Crippen molar-refractivity contribution in [1.29, 1.82) is 0 Å². The number of hydrogen-bond acceptors (Lipinski definition) is 3. The number of piperidine rings is 1. The molecule has 3 rings (SSSR count). The zero-order valence-electron chi connectivity index (χ0n) is 12.4. The van der Waals surface area contributed by atoms with Gasteiger partial charge in [0.2, 0.25) is 10.0 Å². The minimum absolute atomic E-state index is 0.0665. The quantitative estimate of drug-likeness (QED) is 0.856. The fourth-order valence-electron chi connectivity index (χ4n) is 3.07. The summed E-state index contributed by atoms with van der Waals surface area (Å²) in [6.45, 7) is 4.56. The molecule has 1 saturated heterocycles. The maximum absolute atomic E-state index is 13.0. The highest BCUT2D eigenvalue weighted by Gasteiger charge is 2.32. The first-order valence-electron chi connectivity index (χ1n) is 7.38. The molecule has 0 bridgehead atoms. The lowest BCUT2D eigenvalue weighted by atomic mass is 10.1. The fraction of sp³-hybridized carbons (Fsp3) is 0.438. The van der Waals surface area contributed by atoms with Gasteiger partial charge in [0.05, 0.1) is 10.4 Å². The molecular formula is C16H20N2O2S. The SMILES string of the molecule is Cc1ccc(S(=O)(=O)N2CCCCC2C)c2cccnc12. The lowest BCUT2D eigenvalue weighted by Gasteiger charge is -2.32. The lowest BCUT2D eigenvalue weighted by Crippen LogP contribution is -2.42. The molecule has 1 aromatic heterocycles. The van der Waals surface area contributed by atoms with Crippen LogP contribution in [-0.2, 0) is 10.0 Å². The van der Waals surface area contributed by atoms with E-state index in [1.807, 2.05) is 26.0 Å². The number of benzene rings is 1. The number of nitrogens with zero attached hydrogens (tertiary/aromatic N) is 2. The van der Waals surface area contributed by atoms with E-state index in [0.717, 1.165) is 35.7 Å². The zero-order chi connectivity index (χ0) is 15.0. The van der Waals surface area contributed by atoms with Gasteiger partial charge in [0.25, 0.3) is 0 Å². The first-order chi connectivity index (χ1) is 10.0. The molecule has 1 aliphatic heterocycles. The van der Waals surface area contributed by atoms with Crippen molar-refractivity contribution < 1.29 is 8.42 Å². The van der Waals surface area contributed by atoms with Gasteiger partial charge in [-0.05, 0) is 50.5 Å². The summed E-state index contributed by atoms with van der Waals surface area (Å²) >= 11 is 0. The maximum atomic E-state index is 13.0. The zero-order valence-corrected chi connectivity index (χ0v) is 13.2. The van der Waals surface area contributed by atoms with Crippen LogP contribution in [0.25, 0.3) is 10.9 Å². The van der Waals surface area contributed by atoms with Crippen LogP contribution >= 0.6 is 0 Å². The number of aryl methyl sites for hydroxylation is 1. The Bertz CT molecular complexity index is 771. The summed E-state index contributed by atoms with van der Waals surface area (Å²) in [6.07, 6.45) is 4.67. The fourth-order valence-corrected chi connectivity index (χ4v) is 4.95. The minimum atomic E-state index is -3.46. The number of rotatable bonds is 2. The highest BCUT2D eigenvalue weighted by atomic mass is 32.2. The van der Waals surface area contributed by atoms with Gasteiger partial charge in [0.1, 0.15) is 0 Å². The number of fused-ring (bicyclic) bond motifs is 1. The largest absolute Gasteiger partial charge is 0.256 e. The molecule has 1 aliphatic rings. The molecule has 0 radical (unpaired) electrons. The average molecular weight is 304 g/mol. The standard InChI is InChI=1S/C16H20N2O2S/c1-12-8-9-15(14-7-5-10-17-16(12)14)21(19,20)18-11-4-3-6-13(18)2/h5,7-10,13H,3-4,6,11H2,1-2H3. The van der Waals surface area contributed by atoms with Crippen LogP contribution in [-0.4, -0.2) is 30.3 Å². The molecule has 112 valence electrons. The van der Waals surface area contributed by atoms with E-state index in [2.05, 4.69) is 4.98 Å². The Morgan fingerprint density at radius 3 is 2.81 bits per heavy atom. The van der Waals surface area contributed by atoms with Crippen molar-refractivity contribution in [3.63, 3.8) is 0 Å². The molecule has 5 heteroatoms. The maximum Gasteiger partial charge on any atom is 0.243 e. The molecule has 1 fully saturated rings. The van der Waals surface area contributed by atoms with Gasteiger partial charge in [-0.15, -0.1) is 0 Å². The van der Waals surface area contributed by atoms with E-state index >= 15 is 0 Å². The second-order valence-electron chi connectivity index (χ2n) is 5.74. The molecule has 1 unspecified atom stereocenters. The summed E-state index contributed by atoms with van der Waals surface area (Å²) in [5, 5.41) is 0.718. The van der Waals surface area contributed by atoms with Gasteiger partial charge in [-0.1, -0.05) is 12.5 Å². The van der Waals surface area contributed by atoms with E-state index in [1.54, 1.807) is 22.6 Å². The lowest BCUT2D eigenvalue weighted by molar-refractivity contribution is 0.269. The van der Waals surface area contributed by atoms with Crippen molar-refractivity contribution in [3.05, 3.63) is 36.0 Å². The minimum Gasteiger partial charge on any atom is -0.256 e. The van der Waals surface area contributed by atoms with Crippen molar-refractivity contribution in [2.45, 2.75) is 44.0 Å². The molecule has 0 spiro atoms. The summed E-state index contributed by atoms with van der Waals surface area (Å²) in [5.41, 5.74) is 1.76. The van der Waals surface area contributed by atoms with Crippen molar-refractivity contribution in [2.24, 2.45) is 0 Å². The van der Waals surface area contributed by atoms with E-state index in [4.69, 9.17) is 0 Å². The van der Waals surface area contributed by atoms with E-state index < -0.39 is 10.0 Å². The van der Waals surface area contributed by atoms with Gasteiger partial charge in [-0.3, -0.25) is 4.98 Å². The summed E-state index contributed by atoms with van der Waals surface area (Å²) in [7, 11) is -3.46. The predicted octanol–water partition coefficient (Wildman–Crippen LogP) is 3.11. The third kappa shape index (κ3) is 2.45. The smallest absolute Gasteiger partial charge is 0.243 e. The Morgan fingerprint density at radius 2 is 2.05 bits per heavy atom. The summed E-state index contributed by atoms with van der Waals surface area (Å²) in [5.74, 6) is 0. The second-order valence-corrected chi connectivity index (χ2v) is 7.60. The Kier molecular flexibility index (Phi) is 3.71. The molecule has 2 heterocycles. The number of hydrogen-bond donors (Lipinski definition) is 0. The summed E-state index contributed by atoms with van der Waals surface area (Å²) in [4.78, 5) is 4.72. The molecule has 0 aliphatic carbocycles.